The molecule has 0 saturated carbocycles. The van der Waals surface area contributed by atoms with Crippen LogP contribution in [0.2, 0.25) is 0 Å². The number of nitrogens with one attached hydrogen (secondary N) is 2. The van der Waals surface area contributed by atoms with Crippen molar-refractivity contribution >= 4 is 11.0 Å². The second-order valence-corrected chi connectivity index (χ2v) is 5.01. The minimum absolute atomic E-state index is 0.228. The number of aliphatic hydroxyl groups is 1. The highest BCUT2D eigenvalue weighted by molar-refractivity contribution is 5.73. The molecule has 5 nitrogen and oxygen atoms in total. The van der Waals surface area contributed by atoms with E-state index in [2.05, 4.69) is 21.9 Å². The van der Waals surface area contributed by atoms with Crippen molar-refractivity contribution < 1.29 is 5.11 Å². The molecule has 0 bridgehead atoms. The van der Waals surface area contributed by atoms with E-state index in [4.69, 9.17) is 0 Å². The first-order chi connectivity index (χ1) is 9.19. The minimum Gasteiger partial charge on any atom is -0.393 e. The summed E-state index contributed by atoms with van der Waals surface area (Å²) in [7, 11) is 0. The summed E-state index contributed by atoms with van der Waals surface area (Å²) in [6.45, 7) is 2.17. The summed E-state index contributed by atoms with van der Waals surface area (Å²) in [6.07, 6.45) is 7.28. The number of imidazole rings is 1. The number of aromatic nitrogens is 3. The third kappa shape index (κ3) is 3.92. The van der Waals surface area contributed by atoms with Crippen molar-refractivity contribution in [3.63, 3.8) is 0 Å². The van der Waals surface area contributed by atoms with Gasteiger partial charge in [-0.15, -0.1) is 0 Å². The number of hydrogen-bond acceptors (Lipinski definition) is 3. The Bertz CT molecular complexity index is 573. The second kappa shape index (κ2) is 6.52. The molecule has 104 valence electrons. The molecule has 0 spiro atoms. The van der Waals surface area contributed by atoms with Gasteiger partial charge in [0.1, 0.15) is 0 Å². The maximum atomic E-state index is 11.1. The largest absolute Gasteiger partial charge is 0.393 e. The number of hydrogen-bond donors (Lipinski definition) is 3. The van der Waals surface area contributed by atoms with E-state index in [9.17, 15) is 9.90 Å². The number of unbranched alkanes of at least 4 members (excludes halogenated alkanes) is 3. The van der Waals surface area contributed by atoms with E-state index in [1.54, 1.807) is 6.20 Å². The fourth-order valence-corrected chi connectivity index (χ4v) is 2.24. The molecule has 2 heterocycles. The van der Waals surface area contributed by atoms with Crippen LogP contribution in [-0.4, -0.2) is 26.2 Å². The first-order valence-corrected chi connectivity index (χ1v) is 6.94. The van der Waals surface area contributed by atoms with E-state index in [0.29, 0.717) is 11.9 Å². The molecule has 2 rings (SSSR count). The normalized spacial score (nSPS) is 12.9. The third-order valence-corrected chi connectivity index (χ3v) is 3.29. The van der Waals surface area contributed by atoms with Gasteiger partial charge in [0, 0.05) is 12.1 Å². The van der Waals surface area contributed by atoms with Crippen LogP contribution in [0.4, 0.5) is 0 Å². The molecule has 2 aromatic heterocycles. The Kier molecular flexibility index (Phi) is 4.74. The number of pyridine rings is 1. The van der Waals surface area contributed by atoms with Gasteiger partial charge in [-0.3, -0.25) is 4.98 Å². The first kappa shape index (κ1) is 13.8. The van der Waals surface area contributed by atoms with Crippen LogP contribution in [0.25, 0.3) is 11.0 Å². The molecule has 2 aromatic rings. The molecular formula is C14H21N3O2. The SMILES string of the molecule is CCCCCCC(O)Cc1cc2[nH]c(=O)[nH]c2cn1. The summed E-state index contributed by atoms with van der Waals surface area (Å²) in [4.78, 5) is 20.7. The van der Waals surface area contributed by atoms with Crippen molar-refractivity contribution in [1.29, 1.82) is 0 Å². The van der Waals surface area contributed by atoms with Gasteiger partial charge in [0.25, 0.3) is 0 Å². The minimum atomic E-state index is -0.354. The Balaban J connectivity index is 1.91. The Morgan fingerprint density at radius 2 is 2.05 bits per heavy atom. The summed E-state index contributed by atoms with van der Waals surface area (Å²) in [5.74, 6) is 0. The predicted molar refractivity (Wildman–Crippen MR) is 75.2 cm³/mol. The molecule has 0 amide bonds. The highest BCUT2D eigenvalue weighted by Gasteiger charge is 2.08. The molecule has 0 aliphatic carbocycles. The molecule has 3 N–H and O–H groups in total. The summed E-state index contributed by atoms with van der Waals surface area (Å²) in [6, 6.07) is 1.82. The molecule has 0 aliphatic rings. The maximum absolute atomic E-state index is 11.1. The summed E-state index contributed by atoms with van der Waals surface area (Å²) >= 11 is 0. The van der Waals surface area contributed by atoms with Crippen LogP contribution < -0.4 is 5.69 Å². The van der Waals surface area contributed by atoms with Crippen molar-refractivity contribution in [3.8, 4) is 0 Å². The molecule has 0 fully saturated rings. The van der Waals surface area contributed by atoms with Gasteiger partial charge >= 0.3 is 5.69 Å². The van der Waals surface area contributed by atoms with Gasteiger partial charge in [-0.2, -0.15) is 0 Å². The summed E-state index contributed by atoms with van der Waals surface area (Å²) < 4.78 is 0. The lowest BCUT2D eigenvalue weighted by atomic mass is 10.1. The Morgan fingerprint density at radius 1 is 1.26 bits per heavy atom. The molecule has 0 aliphatic heterocycles. The molecule has 0 aromatic carbocycles. The Labute approximate surface area is 112 Å². The van der Waals surface area contributed by atoms with Crippen molar-refractivity contribution in [2.24, 2.45) is 0 Å². The highest BCUT2D eigenvalue weighted by atomic mass is 16.3. The van der Waals surface area contributed by atoms with Crippen LogP contribution in [0.5, 0.6) is 0 Å². The molecule has 0 saturated heterocycles. The topological polar surface area (TPSA) is 81.8 Å². The van der Waals surface area contributed by atoms with Crippen LogP contribution in [0.1, 0.15) is 44.7 Å². The number of nitrogens with zero attached hydrogens (tertiary/aromatic N) is 1. The van der Waals surface area contributed by atoms with E-state index < -0.39 is 0 Å². The zero-order valence-electron chi connectivity index (χ0n) is 11.3. The summed E-state index contributed by atoms with van der Waals surface area (Å²) in [5, 5.41) is 9.96. The van der Waals surface area contributed by atoms with Crippen molar-refractivity contribution in [2.75, 3.05) is 0 Å². The third-order valence-electron chi connectivity index (χ3n) is 3.29. The van der Waals surface area contributed by atoms with Crippen LogP contribution in [0.3, 0.4) is 0 Å². The van der Waals surface area contributed by atoms with Gasteiger partial charge in [0.2, 0.25) is 0 Å². The number of H-pyrrole nitrogens is 2. The number of rotatable bonds is 7. The van der Waals surface area contributed by atoms with Gasteiger partial charge in [0.05, 0.1) is 23.3 Å². The van der Waals surface area contributed by atoms with Crippen LogP contribution >= 0.6 is 0 Å². The summed E-state index contributed by atoms with van der Waals surface area (Å²) in [5.41, 5.74) is 2.03. The standard InChI is InChI=1S/C14H21N3O2/c1-2-3-4-5-6-11(18)7-10-8-12-13(9-15-10)17-14(19)16-12/h8-9,11,18H,2-7H2,1H3,(H2,16,17,19). The van der Waals surface area contributed by atoms with Crippen LogP contribution in [0, 0.1) is 0 Å². The number of aliphatic hydroxyl groups excluding tert-OH is 1. The second-order valence-electron chi connectivity index (χ2n) is 5.01. The molecule has 1 atom stereocenters. The quantitative estimate of drug-likeness (QED) is 0.669. The maximum Gasteiger partial charge on any atom is 0.323 e. The monoisotopic (exact) mass is 263 g/mol. The zero-order chi connectivity index (χ0) is 13.7. The van der Waals surface area contributed by atoms with E-state index >= 15 is 0 Å². The van der Waals surface area contributed by atoms with E-state index in [0.717, 1.165) is 24.1 Å². The van der Waals surface area contributed by atoms with Crippen molar-refractivity contribution in [1.82, 2.24) is 15.0 Å². The van der Waals surface area contributed by atoms with Crippen molar-refractivity contribution in [3.05, 3.63) is 28.4 Å². The van der Waals surface area contributed by atoms with Crippen molar-refractivity contribution in [2.45, 2.75) is 51.6 Å². The fourth-order valence-electron chi connectivity index (χ4n) is 2.24. The Hall–Kier alpha value is -1.62. The molecule has 5 heteroatoms. The number of aromatic amines is 2. The van der Waals surface area contributed by atoms with E-state index in [1.807, 2.05) is 6.07 Å². The lowest BCUT2D eigenvalue weighted by molar-refractivity contribution is 0.160. The smallest absolute Gasteiger partial charge is 0.323 e. The lowest BCUT2D eigenvalue weighted by Crippen LogP contribution is -2.11. The average Bonchev–Trinajstić information content (AvgIpc) is 2.74. The van der Waals surface area contributed by atoms with Crippen LogP contribution in [-0.2, 0) is 6.42 Å². The molecule has 1 unspecified atom stereocenters. The van der Waals surface area contributed by atoms with E-state index in [-0.39, 0.29) is 11.8 Å². The van der Waals surface area contributed by atoms with Gasteiger partial charge in [0.15, 0.2) is 0 Å². The van der Waals surface area contributed by atoms with E-state index in [1.165, 1.54) is 19.3 Å². The fraction of sp³-hybridized carbons (Fsp3) is 0.571. The molecule has 0 radical (unpaired) electrons. The van der Waals surface area contributed by atoms with Crippen LogP contribution in [0.15, 0.2) is 17.1 Å². The first-order valence-electron chi connectivity index (χ1n) is 6.94. The highest BCUT2D eigenvalue weighted by Crippen LogP contribution is 2.12. The Morgan fingerprint density at radius 3 is 2.84 bits per heavy atom. The molecular weight excluding hydrogens is 242 g/mol. The van der Waals surface area contributed by atoms with Gasteiger partial charge < -0.3 is 15.1 Å². The van der Waals surface area contributed by atoms with Gasteiger partial charge in [-0.25, -0.2) is 4.79 Å². The van der Waals surface area contributed by atoms with Gasteiger partial charge in [-0.05, 0) is 12.5 Å². The molecule has 19 heavy (non-hydrogen) atoms. The van der Waals surface area contributed by atoms with Gasteiger partial charge in [-0.1, -0.05) is 32.6 Å². The predicted octanol–water partition coefficient (Wildman–Crippen LogP) is 2.12. The lowest BCUT2D eigenvalue weighted by Gasteiger charge is -2.09. The number of fused-ring (bicyclic) bond motifs is 1. The zero-order valence-corrected chi connectivity index (χ0v) is 11.3. The average molecular weight is 263 g/mol.